The molecule has 24 heavy (non-hydrogen) atoms. The molecule has 142 valence electrons. The van der Waals surface area contributed by atoms with Crippen LogP contribution in [0.25, 0.3) is 0 Å². The third-order valence-corrected chi connectivity index (χ3v) is 4.02. The molecule has 0 aromatic heterocycles. The molecule has 0 aromatic rings. The highest BCUT2D eigenvalue weighted by atomic mass is 19.4. The van der Waals surface area contributed by atoms with E-state index in [1.165, 1.54) is 4.90 Å². The maximum absolute atomic E-state index is 12.7. The van der Waals surface area contributed by atoms with E-state index in [-0.39, 0.29) is 19.5 Å². The molecule has 0 saturated carbocycles. The highest BCUT2D eigenvalue weighted by Gasteiger charge is 2.41. The van der Waals surface area contributed by atoms with Gasteiger partial charge in [0.2, 0.25) is 0 Å². The standard InChI is InChI=1S/C14H24F6N4/c1-11(14(18,19)20)23-7-9-24(10-8-23)12(21-2)22-6-4-3-5-13(15,16)17/h11H,3-10H2,1-2H3,(H,21,22). The molecule has 1 aliphatic rings. The summed E-state index contributed by atoms with van der Waals surface area (Å²) in [7, 11) is 1.54. The zero-order valence-electron chi connectivity index (χ0n) is 13.8. The number of hydrogen-bond donors (Lipinski definition) is 1. The van der Waals surface area contributed by atoms with Gasteiger partial charge in [0, 0.05) is 46.2 Å². The molecule has 1 atom stereocenters. The predicted octanol–water partition coefficient (Wildman–Crippen LogP) is 2.86. The molecule has 4 nitrogen and oxygen atoms in total. The lowest BCUT2D eigenvalue weighted by Crippen LogP contribution is -2.56. The van der Waals surface area contributed by atoms with Crippen LogP contribution in [0.15, 0.2) is 4.99 Å². The van der Waals surface area contributed by atoms with Crippen molar-refractivity contribution in [1.29, 1.82) is 0 Å². The summed E-state index contributed by atoms with van der Waals surface area (Å²) in [4.78, 5) is 7.24. The first kappa shape index (κ1) is 20.9. The van der Waals surface area contributed by atoms with E-state index in [1.807, 2.05) is 4.90 Å². The number of nitrogens with zero attached hydrogens (tertiary/aromatic N) is 3. The highest BCUT2D eigenvalue weighted by molar-refractivity contribution is 5.79. The second kappa shape index (κ2) is 8.77. The van der Waals surface area contributed by atoms with Crippen molar-refractivity contribution in [3.8, 4) is 0 Å². The zero-order valence-corrected chi connectivity index (χ0v) is 13.8. The van der Waals surface area contributed by atoms with Crippen LogP contribution in [-0.2, 0) is 0 Å². The van der Waals surface area contributed by atoms with Crippen molar-refractivity contribution in [3.05, 3.63) is 0 Å². The SMILES string of the molecule is CN=C(NCCCCC(F)(F)F)N1CCN(C(C)C(F)(F)F)CC1. The van der Waals surface area contributed by atoms with Gasteiger partial charge in [-0.25, -0.2) is 0 Å². The van der Waals surface area contributed by atoms with Crippen LogP contribution in [0.5, 0.6) is 0 Å². The Morgan fingerprint density at radius 1 is 1.04 bits per heavy atom. The van der Waals surface area contributed by atoms with E-state index in [2.05, 4.69) is 10.3 Å². The molecular formula is C14H24F6N4. The Kier molecular flexibility index (Phi) is 7.62. The Balaban J connectivity index is 2.34. The monoisotopic (exact) mass is 362 g/mol. The van der Waals surface area contributed by atoms with E-state index < -0.39 is 24.8 Å². The number of alkyl halides is 6. The van der Waals surface area contributed by atoms with Crippen molar-refractivity contribution in [3.63, 3.8) is 0 Å². The summed E-state index contributed by atoms with van der Waals surface area (Å²) in [6, 6.07) is -1.49. The minimum atomic E-state index is -4.25. The summed E-state index contributed by atoms with van der Waals surface area (Å²) in [5, 5.41) is 2.97. The fourth-order valence-electron chi connectivity index (χ4n) is 2.51. The largest absolute Gasteiger partial charge is 0.403 e. The van der Waals surface area contributed by atoms with Crippen molar-refractivity contribution in [2.24, 2.45) is 4.99 Å². The van der Waals surface area contributed by atoms with Crippen LogP contribution in [0.3, 0.4) is 0 Å². The quantitative estimate of drug-likeness (QED) is 0.353. The van der Waals surface area contributed by atoms with Crippen LogP contribution < -0.4 is 5.32 Å². The minimum absolute atomic E-state index is 0.0321. The number of hydrogen-bond acceptors (Lipinski definition) is 2. The first-order valence-corrected chi connectivity index (χ1v) is 7.87. The van der Waals surface area contributed by atoms with Gasteiger partial charge in [0.05, 0.1) is 0 Å². The molecule has 0 bridgehead atoms. The van der Waals surface area contributed by atoms with Crippen LogP contribution in [0.4, 0.5) is 26.3 Å². The number of halogens is 6. The fourth-order valence-corrected chi connectivity index (χ4v) is 2.51. The molecule has 1 N–H and O–H groups in total. The van der Waals surface area contributed by atoms with Gasteiger partial charge in [0.15, 0.2) is 5.96 Å². The topological polar surface area (TPSA) is 30.9 Å². The summed E-state index contributed by atoms with van der Waals surface area (Å²) in [6.45, 7) is 2.79. The summed E-state index contributed by atoms with van der Waals surface area (Å²) in [6.07, 6.45) is -8.83. The average molecular weight is 362 g/mol. The third kappa shape index (κ3) is 7.14. The second-order valence-corrected chi connectivity index (χ2v) is 5.79. The number of guanidine groups is 1. The lowest BCUT2D eigenvalue weighted by atomic mass is 10.2. The van der Waals surface area contributed by atoms with Crippen molar-refractivity contribution in [2.45, 2.75) is 44.6 Å². The Morgan fingerprint density at radius 3 is 2.08 bits per heavy atom. The molecule has 1 unspecified atom stereocenters. The molecule has 1 heterocycles. The Bertz CT molecular complexity index is 399. The van der Waals surface area contributed by atoms with Crippen molar-refractivity contribution < 1.29 is 26.3 Å². The molecule has 0 radical (unpaired) electrons. The summed E-state index contributed by atoms with van der Waals surface area (Å²) >= 11 is 0. The van der Waals surface area contributed by atoms with E-state index >= 15 is 0 Å². The molecule has 0 spiro atoms. The van der Waals surface area contributed by atoms with E-state index in [0.29, 0.717) is 32.0 Å². The molecule has 1 rings (SSSR count). The molecule has 0 aliphatic carbocycles. The van der Waals surface area contributed by atoms with E-state index in [1.54, 1.807) is 7.05 Å². The summed E-state index contributed by atoms with van der Waals surface area (Å²) in [5.74, 6) is 0.515. The van der Waals surface area contributed by atoms with Gasteiger partial charge in [0.1, 0.15) is 6.04 Å². The van der Waals surface area contributed by atoms with Gasteiger partial charge in [0.25, 0.3) is 0 Å². The molecular weight excluding hydrogens is 338 g/mol. The van der Waals surface area contributed by atoms with E-state index in [9.17, 15) is 26.3 Å². The Morgan fingerprint density at radius 2 is 1.62 bits per heavy atom. The molecule has 1 saturated heterocycles. The fraction of sp³-hybridized carbons (Fsp3) is 0.929. The lowest BCUT2D eigenvalue weighted by molar-refractivity contribution is -0.181. The number of unbranched alkanes of at least 4 members (excludes halogenated alkanes) is 1. The number of rotatable bonds is 5. The molecule has 1 fully saturated rings. The third-order valence-electron chi connectivity index (χ3n) is 4.02. The van der Waals surface area contributed by atoms with Crippen molar-refractivity contribution in [2.75, 3.05) is 39.8 Å². The van der Waals surface area contributed by atoms with Gasteiger partial charge in [-0.15, -0.1) is 0 Å². The van der Waals surface area contributed by atoms with Crippen LogP contribution in [0, 0.1) is 0 Å². The molecule has 0 aromatic carbocycles. The first-order valence-electron chi connectivity index (χ1n) is 7.87. The molecule has 0 amide bonds. The minimum Gasteiger partial charge on any atom is -0.356 e. The highest BCUT2D eigenvalue weighted by Crippen LogP contribution is 2.25. The maximum atomic E-state index is 12.7. The summed E-state index contributed by atoms with van der Waals surface area (Å²) < 4.78 is 74.3. The average Bonchev–Trinajstić information content (AvgIpc) is 2.48. The second-order valence-electron chi connectivity index (χ2n) is 5.79. The van der Waals surface area contributed by atoms with Crippen LogP contribution in [-0.4, -0.2) is 73.9 Å². The number of piperazine rings is 1. The van der Waals surface area contributed by atoms with Gasteiger partial charge in [-0.3, -0.25) is 9.89 Å². The van der Waals surface area contributed by atoms with Crippen molar-refractivity contribution >= 4 is 5.96 Å². The van der Waals surface area contributed by atoms with E-state index in [4.69, 9.17) is 0 Å². The first-order chi connectivity index (χ1) is 11.0. The molecule has 1 aliphatic heterocycles. The van der Waals surface area contributed by atoms with Crippen LogP contribution in [0.1, 0.15) is 26.2 Å². The normalized spacial score (nSPS) is 19.5. The van der Waals surface area contributed by atoms with E-state index in [0.717, 1.165) is 6.92 Å². The summed E-state index contributed by atoms with van der Waals surface area (Å²) in [5.41, 5.74) is 0. The molecule has 10 heteroatoms. The van der Waals surface area contributed by atoms with Gasteiger partial charge in [-0.05, 0) is 19.8 Å². The Hall–Kier alpha value is -1.19. The smallest absolute Gasteiger partial charge is 0.356 e. The van der Waals surface area contributed by atoms with Gasteiger partial charge in [-0.2, -0.15) is 26.3 Å². The Labute approximate surface area is 137 Å². The number of nitrogens with one attached hydrogen (secondary N) is 1. The van der Waals surface area contributed by atoms with Gasteiger partial charge >= 0.3 is 12.4 Å². The lowest BCUT2D eigenvalue weighted by Gasteiger charge is -2.39. The van der Waals surface area contributed by atoms with Gasteiger partial charge < -0.3 is 10.2 Å². The maximum Gasteiger partial charge on any atom is 0.403 e. The predicted molar refractivity (Wildman–Crippen MR) is 79.9 cm³/mol. The van der Waals surface area contributed by atoms with Crippen LogP contribution in [0.2, 0.25) is 0 Å². The zero-order chi connectivity index (χ0) is 18.4. The van der Waals surface area contributed by atoms with Crippen LogP contribution >= 0.6 is 0 Å². The van der Waals surface area contributed by atoms with Crippen molar-refractivity contribution in [1.82, 2.24) is 15.1 Å². The number of aliphatic imine (C=N–C) groups is 1. The van der Waals surface area contributed by atoms with Gasteiger partial charge in [-0.1, -0.05) is 0 Å².